The molecule has 2 atom stereocenters. The Kier molecular flexibility index (Phi) is 5.51. The minimum atomic E-state index is -4.54. The quantitative estimate of drug-likeness (QED) is 0.348. The molecule has 0 amide bonds. The molecule has 0 aliphatic heterocycles. The van der Waals surface area contributed by atoms with Crippen LogP contribution in [-0.4, -0.2) is 25.1 Å². The summed E-state index contributed by atoms with van der Waals surface area (Å²) in [5.74, 6) is -0.0453. The van der Waals surface area contributed by atoms with Crippen LogP contribution >= 0.6 is 7.75 Å². The maximum atomic E-state index is 11.2. The lowest BCUT2D eigenvalue weighted by molar-refractivity contribution is 0.160. The summed E-state index contributed by atoms with van der Waals surface area (Å²) in [5, 5.41) is 31.4. The molecule has 0 aliphatic carbocycles. The Bertz CT molecular complexity index is 743. The number of hydrogen-bond donors (Lipinski definition) is 6. The third-order valence-corrected chi connectivity index (χ3v) is 4.23. The zero-order valence-electron chi connectivity index (χ0n) is 13.0. The van der Waals surface area contributed by atoms with Crippen LogP contribution in [0.25, 0.3) is 0 Å². The molecule has 0 bridgehead atoms. The second kappa shape index (κ2) is 7.23. The molecule has 0 spiro atoms. The molecule has 0 fully saturated rings. The van der Waals surface area contributed by atoms with Gasteiger partial charge in [-0.05, 0) is 48.2 Å². The number of aliphatic hydroxyl groups is 1. The Labute approximate surface area is 139 Å². The molecule has 0 heterocycles. The van der Waals surface area contributed by atoms with Crippen molar-refractivity contribution in [3.05, 3.63) is 53.6 Å². The summed E-state index contributed by atoms with van der Waals surface area (Å²) >= 11 is 0. The van der Waals surface area contributed by atoms with Crippen molar-refractivity contribution >= 4 is 13.4 Å². The van der Waals surface area contributed by atoms with Crippen molar-refractivity contribution in [3.8, 4) is 11.5 Å². The summed E-state index contributed by atoms with van der Waals surface area (Å²) in [7, 11) is -4.54. The van der Waals surface area contributed by atoms with Crippen LogP contribution in [0.1, 0.15) is 36.5 Å². The van der Waals surface area contributed by atoms with E-state index >= 15 is 0 Å². The van der Waals surface area contributed by atoms with Gasteiger partial charge in [0.2, 0.25) is 0 Å². The van der Waals surface area contributed by atoms with Crippen LogP contribution in [0.15, 0.2) is 42.5 Å². The van der Waals surface area contributed by atoms with Gasteiger partial charge in [0, 0.05) is 11.3 Å². The molecule has 7 nitrogen and oxygen atoms in total. The van der Waals surface area contributed by atoms with Gasteiger partial charge < -0.3 is 25.1 Å². The Balaban J connectivity index is 2.22. The smallest absolute Gasteiger partial charge is 0.427 e. The first kappa shape index (κ1) is 18.3. The van der Waals surface area contributed by atoms with E-state index in [-0.39, 0.29) is 35.1 Å². The molecule has 24 heavy (non-hydrogen) atoms. The fourth-order valence-corrected chi connectivity index (χ4v) is 3.00. The number of aliphatic hydroxyl groups excluding tert-OH is 1. The van der Waals surface area contributed by atoms with E-state index in [4.69, 9.17) is 9.79 Å². The third-order valence-electron chi connectivity index (χ3n) is 3.70. The van der Waals surface area contributed by atoms with Crippen LogP contribution in [0, 0.1) is 0 Å². The van der Waals surface area contributed by atoms with Crippen molar-refractivity contribution < 1.29 is 29.7 Å². The molecule has 0 saturated heterocycles. The fraction of sp³-hybridized carbons (Fsp3) is 0.250. The van der Waals surface area contributed by atoms with Crippen LogP contribution in [0.5, 0.6) is 11.5 Å². The molecule has 8 heteroatoms. The summed E-state index contributed by atoms with van der Waals surface area (Å²) in [5.41, 5.74) is 1.16. The van der Waals surface area contributed by atoms with Gasteiger partial charge in [0.05, 0.1) is 6.10 Å². The minimum absolute atomic E-state index is 0.0616. The Hall–Kier alpha value is -2.05. The highest BCUT2D eigenvalue weighted by Gasteiger charge is 2.21. The second-order valence-corrected chi connectivity index (χ2v) is 6.98. The molecule has 130 valence electrons. The van der Waals surface area contributed by atoms with Crippen molar-refractivity contribution in [2.45, 2.75) is 25.4 Å². The summed E-state index contributed by atoms with van der Waals surface area (Å²) in [6.45, 7) is 1.88. The first-order valence-electron chi connectivity index (χ1n) is 7.29. The lowest BCUT2D eigenvalue weighted by Crippen LogP contribution is -2.07. The molecule has 2 aromatic carbocycles. The zero-order valence-corrected chi connectivity index (χ0v) is 13.9. The Morgan fingerprint density at radius 3 is 2.21 bits per heavy atom. The molecule has 2 unspecified atom stereocenters. The maximum absolute atomic E-state index is 11.2. The van der Waals surface area contributed by atoms with Gasteiger partial charge in [0.25, 0.3) is 0 Å². The fourth-order valence-electron chi connectivity index (χ4n) is 2.49. The Morgan fingerprint density at radius 2 is 1.62 bits per heavy atom. The average Bonchev–Trinajstić information content (AvgIpc) is 2.48. The van der Waals surface area contributed by atoms with E-state index in [1.165, 1.54) is 18.2 Å². The van der Waals surface area contributed by atoms with E-state index in [0.717, 1.165) is 5.56 Å². The zero-order chi connectivity index (χ0) is 17.9. The number of anilines is 1. The van der Waals surface area contributed by atoms with E-state index in [9.17, 15) is 19.9 Å². The highest BCUT2D eigenvalue weighted by molar-refractivity contribution is 7.53. The lowest BCUT2D eigenvalue weighted by Gasteiger charge is -2.21. The molecule has 0 aliphatic rings. The molecule has 0 saturated carbocycles. The number of rotatable bonds is 6. The number of benzene rings is 2. The van der Waals surface area contributed by atoms with E-state index < -0.39 is 13.9 Å². The predicted molar refractivity (Wildman–Crippen MR) is 89.9 cm³/mol. The van der Waals surface area contributed by atoms with Gasteiger partial charge in [0.1, 0.15) is 11.5 Å². The van der Waals surface area contributed by atoms with E-state index in [0.29, 0.717) is 0 Å². The summed E-state index contributed by atoms with van der Waals surface area (Å²) in [4.78, 5) is 18.1. The molecular formula is C16H20NO6P. The largest absolute Gasteiger partial charge is 0.508 e. The number of phenols is 2. The highest BCUT2D eigenvalue weighted by Crippen LogP contribution is 2.41. The van der Waals surface area contributed by atoms with Crippen molar-refractivity contribution in [1.82, 2.24) is 0 Å². The molecular weight excluding hydrogens is 333 g/mol. The van der Waals surface area contributed by atoms with Crippen LogP contribution in [0.2, 0.25) is 0 Å². The van der Waals surface area contributed by atoms with Crippen LogP contribution < -0.4 is 5.09 Å². The lowest BCUT2D eigenvalue weighted by atomic mass is 9.91. The van der Waals surface area contributed by atoms with Gasteiger partial charge in [-0.2, -0.15) is 0 Å². The van der Waals surface area contributed by atoms with Gasteiger partial charge in [-0.25, -0.2) is 4.57 Å². The third kappa shape index (κ3) is 4.97. The minimum Gasteiger partial charge on any atom is -0.508 e. The standard InChI is InChI=1S/C16H20NO6P/c1-10(11-2-4-12(18)5-3-11)8-16(20)14-9-13(19)6-7-15(14)17-24(21,22)23/h2-7,9-10,16,18-20H,8H2,1H3,(H3,17,21,22,23). The molecule has 0 aromatic heterocycles. The Morgan fingerprint density at radius 1 is 1.04 bits per heavy atom. The van der Waals surface area contributed by atoms with Gasteiger partial charge in [-0.1, -0.05) is 19.1 Å². The SMILES string of the molecule is CC(CC(O)c1cc(O)ccc1NP(=O)(O)O)c1ccc(O)cc1. The molecule has 6 N–H and O–H groups in total. The first-order valence-corrected chi connectivity index (χ1v) is 8.90. The van der Waals surface area contributed by atoms with E-state index in [2.05, 4.69) is 0 Å². The van der Waals surface area contributed by atoms with E-state index in [1.807, 2.05) is 12.0 Å². The highest BCUT2D eigenvalue weighted by atomic mass is 31.2. The van der Waals surface area contributed by atoms with Crippen molar-refractivity contribution in [2.24, 2.45) is 0 Å². The summed E-state index contributed by atoms with van der Waals surface area (Å²) in [6.07, 6.45) is -0.778. The monoisotopic (exact) mass is 353 g/mol. The van der Waals surface area contributed by atoms with E-state index in [1.54, 1.807) is 24.3 Å². The number of nitrogens with one attached hydrogen (secondary N) is 1. The summed E-state index contributed by atoms with van der Waals surface area (Å²) < 4.78 is 11.2. The van der Waals surface area contributed by atoms with Crippen molar-refractivity contribution in [2.75, 3.05) is 5.09 Å². The first-order chi connectivity index (χ1) is 11.2. The summed E-state index contributed by atoms with van der Waals surface area (Å²) in [6, 6.07) is 10.4. The van der Waals surface area contributed by atoms with Gasteiger partial charge >= 0.3 is 7.75 Å². The second-order valence-electron chi connectivity index (χ2n) is 5.67. The molecule has 2 aromatic rings. The van der Waals surface area contributed by atoms with Crippen molar-refractivity contribution in [1.29, 1.82) is 0 Å². The maximum Gasteiger partial charge on any atom is 0.427 e. The number of hydrogen-bond acceptors (Lipinski definition) is 4. The van der Waals surface area contributed by atoms with Gasteiger partial charge in [-0.3, -0.25) is 5.09 Å². The van der Waals surface area contributed by atoms with Gasteiger partial charge in [-0.15, -0.1) is 0 Å². The number of phenolic OH excluding ortho intramolecular Hbond substituents is 2. The van der Waals surface area contributed by atoms with Crippen LogP contribution in [0.3, 0.4) is 0 Å². The normalized spacial score (nSPS) is 14.2. The average molecular weight is 353 g/mol. The van der Waals surface area contributed by atoms with Crippen LogP contribution in [0.4, 0.5) is 5.69 Å². The van der Waals surface area contributed by atoms with Crippen LogP contribution in [-0.2, 0) is 4.57 Å². The van der Waals surface area contributed by atoms with Crippen molar-refractivity contribution in [3.63, 3.8) is 0 Å². The molecule has 2 rings (SSSR count). The van der Waals surface area contributed by atoms with Gasteiger partial charge in [0.15, 0.2) is 0 Å². The molecule has 0 radical (unpaired) electrons. The topological polar surface area (TPSA) is 130 Å². The predicted octanol–water partition coefficient (Wildman–Crippen LogP) is 2.83. The number of aromatic hydroxyl groups is 2.